The molecule has 0 radical (unpaired) electrons. The van der Waals surface area contributed by atoms with Crippen LogP contribution in [0.1, 0.15) is 47.8 Å². The molecule has 1 saturated heterocycles. The maximum absolute atomic E-state index is 13.7. The lowest BCUT2D eigenvalue weighted by molar-refractivity contribution is -0.0444. The maximum Gasteiger partial charge on any atom is 0.254 e. The molecule has 0 aliphatic carbocycles. The second-order valence-electron chi connectivity index (χ2n) is 7.82. The fraction of sp³-hybridized carbons (Fsp3) is 0.375. The monoisotopic (exact) mass is 439 g/mol. The number of halogens is 1. The van der Waals surface area contributed by atoms with Crippen LogP contribution >= 0.6 is 11.3 Å². The minimum atomic E-state index is -0.362. The molecule has 1 amide bonds. The fourth-order valence-corrected chi connectivity index (χ4v) is 4.85. The quantitative estimate of drug-likeness (QED) is 0.526. The Morgan fingerprint density at radius 2 is 2.16 bits per heavy atom. The Kier molecular flexibility index (Phi) is 6.73. The zero-order valence-corrected chi connectivity index (χ0v) is 18.6. The number of ether oxygens (including phenoxy) is 1. The molecule has 1 fully saturated rings. The van der Waals surface area contributed by atoms with Crippen LogP contribution in [0, 0.1) is 12.7 Å². The number of thiazole rings is 1. The third kappa shape index (κ3) is 4.83. The first-order valence-corrected chi connectivity index (χ1v) is 11.5. The summed E-state index contributed by atoms with van der Waals surface area (Å²) in [5.74, 6) is -0.340. The van der Waals surface area contributed by atoms with E-state index in [1.165, 1.54) is 23.6 Å². The summed E-state index contributed by atoms with van der Waals surface area (Å²) in [5.41, 5.74) is 3.29. The van der Waals surface area contributed by atoms with Gasteiger partial charge in [0, 0.05) is 23.7 Å². The molecule has 2 aromatic heterocycles. The molecule has 1 aliphatic rings. The van der Waals surface area contributed by atoms with Crippen LogP contribution < -0.4 is 0 Å². The Bertz CT molecular complexity index is 1020. The van der Waals surface area contributed by atoms with E-state index in [1.54, 1.807) is 12.3 Å². The van der Waals surface area contributed by atoms with Crippen LogP contribution in [0.2, 0.25) is 0 Å². The number of aromatic nitrogens is 2. The predicted octanol–water partition coefficient (Wildman–Crippen LogP) is 5.25. The lowest BCUT2D eigenvalue weighted by Gasteiger charge is -2.41. The van der Waals surface area contributed by atoms with Crippen LogP contribution in [0.3, 0.4) is 0 Å². The van der Waals surface area contributed by atoms with Gasteiger partial charge in [-0.25, -0.2) is 9.37 Å². The van der Waals surface area contributed by atoms with Crippen LogP contribution in [0.4, 0.5) is 4.39 Å². The number of hydrogen-bond donors (Lipinski definition) is 0. The van der Waals surface area contributed by atoms with Gasteiger partial charge in [-0.3, -0.25) is 9.78 Å². The number of hydrogen-bond acceptors (Lipinski definition) is 5. The van der Waals surface area contributed by atoms with Crippen molar-refractivity contribution >= 4 is 17.2 Å². The number of amides is 1. The number of pyridine rings is 1. The highest BCUT2D eigenvalue weighted by Gasteiger charge is 2.35. The smallest absolute Gasteiger partial charge is 0.254 e. The van der Waals surface area contributed by atoms with Gasteiger partial charge in [0.2, 0.25) is 0 Å². The Morgan fingerprint density at radius 1 is 1.29 bits per heavy atom. The lowest BCUT2D eigenvalue weighted by Crippen LogP contribution is -2.51. The van der Waals surface area contributed by atoms with E-state index in [0.717, 1.165) is 35.4 Å². The summed E-state index contributed by atoms with van der Waals surface area (Å²) in [4.78, 5) is 24.1. The van der Waals surface area contributed by atoms with E-state index >= 15 is 0 Å². The number of carbonyl (C=O) groups excluding carboxylic acids is 1. The Morgan fingerprint density at radius 3 is 2.87 bits per heavy atom. The van der Waals surface area contributed by atoms with Gasteiger partial charge >= 0.3 is 0 Å². The summed E-state index contributed by atoms with van der Waals surface area (Å²) < 4.78 is 19.3. The average molecular weight is 440 g/mol. The number of benzene rings is 1. The van der Waals surface area contributed by atoms with E-state index < -0.39 is 0 Å². The average Bonchev–Trinajstić information content (AvgIpc) is 3.32. The molecule has 7 heteroatoms. The number of carbonyl (C=O) groups is 1. The zero-order chi connectivity index (χ0) is 21.8. The van der Waals surface area contributed by atoms with Crippen molar-refractivity contribution in [1.29, 1.82) is 0 Å². The van der Waals surface area contributed by atoms with Gasteiger partial charge in [0.05, 0.1) is 36.2 Å². The van der Waals surface area contributed by atoms with Crippen molar-refractivity contribution in [1.82, 2.24) is 14.9 Å². The molecule has 0 saturated carbocycles. The molecule has 5 nitrogen and oxygen atoms in total. The van der Waals surface area contributed by atoms with Gasteiger partial charge in [0.1, 0.15) is 10.8 Å². The highest BCUT2D eigenvalue weighted by molar-refractivity contribution is 7.13. The molecule has 1 aliphatic heterocycles. The van der Waals surface area contributed by atoms with Gasteiger partial charge < -0.3 is 9.64 Å². The van der Waals surface area contributed by atoms with E-state index in [2.05, 4.69) is 16.9 Å². The van der Waals surface area contributed by atoms with Crippen molar-refractivity contribution in [2.75, 3.05) is 6.54 Å². The minimum absolute atomic E-state index is 0.0219. The molecule has 4 rings (SSSR count). The lowest BCUT2D eigenvalue weighted by atomic mass is 9.94. The van der Waals surface area contributed by atoms with E-state index in [9.17, 15) is 9.18 Å². The molecule has 1 aromatic carbocycles. The van der Waals surface area contributed by atoms with E-state index in [1.807, 2.05) is 35.4 Å². The Labute approximate surface area is 185 Å². The van der Waals surface area contributed by atoms with Crippen molar-refractivity contribution in [2.24, 2.45) is 0 Å². The van der Waals surface area contributed by atoms with Crippen molar-refractivity contribution in [3.05, 3.63) is 70.7 Å². The van der Waals surface area contributed by atoms with E-state index in [-0.39, 0.29) is 23.9 Å². The fourth-order valence-electron chi connectivity index (χ4n) is 4.17. The Hall–Kier alpha value is -2.64. The number of rotatable bonds is 6. The third-order valence-electron chi connectivity index (χ3n) is 5.70. The van der Waals surface area contributed by atoms with Crippen molar-refractivity contribution in [3.8, 4) is 10.6 Å². The minimum Gasteiger partial charge on any atom is -0.370 e. The molecule has 3 aromatic rings. The molecule has 0 bridgehead atoms. The molecule has 0 N–H and O–H groups in total. The van der Waals surface area contributed by atoms with Gasteiger partial charge in [-0.15, -0.1) is 11.3 Å². The van der Waals surface area contributed by atoms with Gasteiger partial charge in [0.25, 0.3) is 5.91 Å². The maximum atomic E-state index is 13.7. The highest BCUT2D eigenvalue weighted by Crippen LogP contribution is 2.31. The van der Waals surface area contributed by atoms with Gasteiger partial charge in [0.15, 0.2) is 0 Å². The molecular formula is C24H26FN3O2S. The summed E-state index contributed by atoms with van der Waals surface area (Å²) in [6.07, 6.45) is 5.44. The van der Waals surface area contributed by atoms with Crippen LogP contribution in [-0.2, 0) is 11.3 Å². The zero-order valence-electron chi connectivity index (χ0n) is 17.8. The molecule has 2 atom stereocenters. The first-order chi connectivity index (χ1) is 15.1. The van der Waals surface area contributed by atoms with Crippen molar-refractivity contribution < 1.29 is 13.9 Å². The first-order valence-electron chi connectivity index (χ1n) is 10.6. The largest absolute Gasteiger partial charge is 0.370 e. The normalized spacial score (nSPS) is 18.9. The second kappa shape index (κ2) is 9.66. The topological polar surface area (TPSA) is 55.3 Å². The summed E-state index contributed by atoms with van der Waals surface area (Å²) in [6.45, 7) is 5.09. The highest BCUT2D eigenvalue weighted by atomic mass is 32.1. The summed E-state index contributed by atoms with van der Waals surface area (Å²) >= 11 is 1.53. The molecule has 162 valence electrons. The van der Waals surface area contributed by atoms with Crippen LogP contribution in [0.5, 0.6) is 0 Å². The number of likely N-dealkylation sites (tertiary alicyclic amines) is 1. The Balaban J connectivity index is 1.55. The number of piperidine rings is 1. The third-order valence-corrected chi connectivity index (χ3v) is 6.50. The van der Waals surface area contributed by atoms with Gasteiger partial charge in [-0.05, 0) is 44.4 Å². The second-order valence-corrected chi connectivity index (χ2v) is 8.71. The molecule has 3 heterocycles. The van der Waals surface area contributed by atoms with Gasteiger partial charge in [-0.1, -0.05) is 24.6 Å². The number of aryl methyl sites for hydroxylation is 1. The molecular weight excluding hydrogens is 413 g/mol. The van der Waals surface area contributed by atoms with Crippen LogP contribution in [0.25, 0.3) is 10.6 Å². The molecule has 31 heavy (non-hydrogen) atoms. The SMILES string of the molecule is CCC1[C@@H](OCc2ccc(F)cn2)CCCN1C(=O)c1cc(C)ccc1-c1nccs1. The first kappa shape index (κ1) is 21.6. The van der Waals surface area contributed by atoms with E-state index in [0.29, 0.717) is 24.4 Å². The van der Waals surface area contributed by atoms with Crippen LogP contribution in [-0.4, -0.2) is 39.5 Å². The summed E-state index contributed by atoms with van der Waals surface area (Å²) in [6, 6.07) is 8.96. The van der Waals surface area contributed by atoms with E-state index in [4.69, 9.17) is 4.74 Å². The molecule has 1 unspecified atom stereocenters. The van der Waals surface area contributed by atoms with Crippen molar-refractivity contribution in [3.63, 3.8) is 0 Å². The van der Waals surface area contributed by atoms with Crippen LogP contribution in [0.15, 0.2) is 48.1 Å². The summed E-state index contributed by atoms with van der Waals surface area (Å²) in [5, 5.41) is 2.77. The summed E-state index contributed by atoms with van der Waals surface area (Å²) in [7, 11) is 0. The predicted molar refractivity (Wildman–Crippen MR) is 119 cm³/mol. The number of nitrogens with zero attached hydrogens (tertiary/aromatic N) is 3. The van der Waals surface area contributed by atoms with Gasteiger partial charge in [-0.2, -0.15) is 0 Å². The standard InChI is InChI=1S/C24H26FN3O2S/c1-3-21-22(30-15-18-8-7-17(25)14-27-18)5-4-11-28(21)24(29)20-13-16(2)6-9-19(20)23-26-10-12-31-23/h6-10,12-14,21-22H,3-5,11,15H2,1-2H3/t21?,22-/m0/s1. The molecule has 0 spiro atoms. The van der Waals surface area contributed by atoms with Crippen molar-refractivity contribution in [2.45, 2.75) is 51.9 Å².